The van der Waals surface area contributed by atoms with Crippen molar-refractivity contribution in [2.75, 3.05) is 11.9 Å². The first-order chi connectivity index (χ1) is 6.22. The van der Waals surface area contributed by atoms with E-state index < -0.39 is 0 Å². The smallest absolute Gasteiger partial charge is 0.319 e. The zero-order valence-electron chi connectivity index (χ0n) is 7.28. The summed E-state index contributed by atoms with van der Waals surface area (Å²) in [5.41, 5.74) is 0.771. The number of nitrogens with one attached hydrogen (secondary N) is 2. The largest absolute Gasteiger partial charge is 0.394 e. The Morgan fingerprint density at radius 3 is 3.08 bits per heavy atom. The highest BCUT2D eigenvalue weighted by Gasteiger charge is 2.05. The average Bonchev–Trinajstić information content (AvgIpc) is 2.56. The summed E-state index contributed by atoms with van der Waals surface area (Å²) in [7, 11) is 0. The van der Waals surface area contributed by atoms with Crippen LogP contribution in [0.2, 0.25) is 0 Å². The first kappa shape index (κ1) is 10.0. The van der Waals surface area contributed by atoms with Gasteiger partial charge in [-0.05, 0) is 18.4 Å². The Morgan fingerprint density at radius 1 is 1.77 bits per heavy atom. The summed E-state index contributed by atoms with van der Waals surface area (Å²) < 4.78 is 0. The average molecular weight is 200 g/mol. The molecule has 0 aliphatic rings. The molecule has 13 heavy (non-hydrogen) atoms. The Balaban J connectivity index is 2.34. The first-order valence-electron chi connectivity index (χ1n) is 3.93. The molecule has 0 saturated heterocycles. The van der Waals surface area contributed by atoms with Crippen LogP contribution in [0.3, 0.4) is 0 Å². The lowest BCUT2D eigenvalue weighted by Crippen LogP contribution is -2.37. The van der Waals surface area contributed by atoms with Crippen molar-refractivity contribution in [1.82, 2.24) is 5.32 Å². The highest BCUT2D eigenvalue weighted by atomic mass is 32.1. The van der Waals surface area contributed by atoms with E-state index in [1.54, 1.807) is 6.92 Å². The molecular weight excluding hydrogens is 188 g/mol. The fourth-order valence-electron chi connectivity index (χ4n) is 0.772. The highest BCUT2D eigenvalue weighted by Crippen LogP contribution is 2.11. The summed E-state index contributed by atoms with van der Waals surface area (Å²) in [6.07, 6.45) is 0. The van der Waals surface area contributed by atoms with Crippen LogP contribution >= 0.6 is 11.3 Å². The fourth-order valence-corrected chi connectivity index (χ4v) is 1.36. The monoisotopic (exact) mass is 200 g/mol. The molecule has 0 radical (unpaired) electrons. The Morgan fingerprint density at radius 2 is 2.54 bits per heavy atom. The van der Waals surface area contributed by atoms with Gasteiger partial charge in [0.2, 0.25) is 0 Å². The molecule has 0 aliphatic carbocycles. The number of amides is 2. The molecular formula is C8H12N2O2S. The van der Waals surface area contributed by atoms with E-state index in [-0.39, 0.29) is 18.7 Å². The van der Waals surface area contributed by atoms with Gasteiger partial charge in [-0.25, -0.2) is 4.79 Å². The van der Waals surface area contributed by atoms with E-state index in [9.17, 15) is 4.79 Å². The fraction of sp³-hybridized carbons (Fsp3) is 0.375. The molecule has 1 atom stereocenters. The minimum Gasteiger partial charge on any atom is -0.394 e. The second kappa shape index (κ2) is 4.84. The van der Waals surface area contributed by atoms with Gasteiger partial charge in [-0.1, -0.05) is 0 Å². The first-order valence-corrected chi connectivity index (χ1v) is 4.87. The maximum absolute atomic E-state index is 11.2. The molecule has 1 aromatic heterocycles. The summed E-state index contributed by atoms with van der Waals surface area (Å²) in [5, 5.41) is 17.6. The van der Waals surface area contributed by atoms with Gasteiger partial charge in [0.1, 0.15) is 0 Å². The molecule has 0 aliphatic heterocycles. The number of rotatable bonds is 3. The number of hydrogen-bond acceptors (Lipinski definition) is 3. The molecule has 1 aromatic rings. The summed E-state index contributed by atoms with van der Waals surface area (Å²) >= 11 is 1.51. The normalized spacial score (nSPS) is 12.2. The van der Waals surface area contributed by atoms with Gasteiger partial charge < -0.3 is 15.7 Å². The van der Waals surface area contributed by atoms with Crippen molar-refractivity contribution >= 4 is 23.1 Å². The number of thiophene rings is 1. The van der Waals surface area contributed by atoms with Crippen LogP contribution in [-0.2, 0) is 0 Å². The molecule has 72 valence electrons. The van der Waals surface area contributed by atoms with Gasteiger partial charge in [0, 0.05) is 5.38 Å². The van der Waals surface area contributed by atoms with Gasteiger partial charge in [-0.15, -0.1) is 0 Å². The van der Waals surface area contributed by atoms with Gasteiger partial charge in [-0.2, -0.15) is 11.3 Å². The predicted molar refractivity (Wildman–Crippen MR) is 53.0 cm³/mol. The summed E-state index contributed by atoms with van der Waals surface area (Å²) in [6, 6.07) is 1.30. The maximum Gasteiger partial charge on any atom is 0.319 e. The Hall–Kier alpha value is -1.07. The van der Waals surface area contributed by atoms with Crippen LogP contribution in [0.25, 0.3) is 0 Å². The molecule has 3 N–H and O–H groups in total. The maximum atomic E-state index is 11.2. The number of aliphatic hydroxyl groups is 1. The van der Waals surface area contributed by atoms with Crippen molar-refractivity contribution in [3.05, 3.63) is 16.8 Å². The quantitative estimate of drug-likeness (QED) is 0.687. The van der Waals surface area contributed by atoms with E-state index in [1.807, 2.05) is 16.8 Å². The lowest BCUT2D eigenvalue weighted by molar-refractivity contribution is 0.229. The van der Waals surface area contributed by atoms with Gasteiger partial charge in [0.15, 0.2) is 0 Å². The molecule has 2 amide bonds. The van der Waals surface area contributed by atoms with E-state index in [2.05, 4.69) is 10.6 Å². The molecule has 0 aromatic carbocycles. The van der Waals surface area contributed by atoms with Crippen molar-refractivity contribution in [3.8, 4) is 0 Å². The minimum atomic E-state index is -0.292. The number of urea groups is 1. The molecule has 0 fully saturated rings. The third-order valence-corrected chi connectivity index (χ3v) is 2.11. The lowest BCUT2D eigenvalue weighted by atomic mass is 10.4. The van der Waals surface area contributed by atoms with Gasteiger partial charge >= 0.3 is 6.03 Å². The van der Waals surface area contributed by atoms with Crippen LogP contribution in [0.1, 0.15) is 6.92 Å². The van der Waals surface area contributed by atoms with Crippen molar-refractivity contribution in [2.45, 2.75) is 13.0 Å². The zero-order valence-corrected chi connectivity index (χ0v) is 8.10. The van der Waals surface area contributed by atoms with E-state index in [1.165, 1.54) is 11.3 Å². The molecule has 4 nitrogen and oxygen atoms in total. The van der Waals surface area contributed by atoms with Crippen LogP contribution < -0.4 is 10.6 Å². The molecule has 5 heteroatoms. The Labute approximate surface area is 80.6 Å². The van der Waals surface area contributed by atoms with Crippen LogP contribution in [0.5, 0.6) is 0 Å². The SMILES string of the molecule is CC(CO)NC(=O)Nc1ccsc1. The summed E-state index contributed by atoms with van der Waals surface area (Å²) in [5.74, 6) is 0. The van der Waals surface area contributed by atoms with E-state index >= 15 is 0 Å². The number of anilines is 1. The van der Waals surface area contributed by atoms with Crippen molar-refractivity contribution < 1.29 is 9.90 Å². The molecule has 0 saturated carbocycles. The summed E-state index contributed by atoms with van der Waals surface area (Å²) in [4.78, 5) is 11.2. The van der Waals surface area contributed by atoms with Crippen LogP contribution in [0.4, 0.5) is 10.5 Å². The van der Waals surface area contributed by atoms with Crippen molar-refractivity contribution in [2.24, 2.45) is 0 Å². The van der Waals surface area contributed by atoms with E-state index in [0.717, 1.165) is 5.69 Å². The number of hydrogen-bond donors (Lipinski definition) is 3. The van der Waals surface area contributed by atoms with Gasteiger partial charge in [0.05, 0.1) is 18.3 Å². The molecule has 0 bridgehead atoms. The predicted octanol–water partition coefficient (Wildman–Crippen LogP) is 1.25. The molecule has 1 rings (SSSR count). The number of carbonyl (C=O) groups excluding carboxylic acids is 1. The highest BCUT2D eigenvalue weighted by molar-refractivity contribution is 7.08. The van der Waals surface area contributed by atoms with Crippen molar-refractivity contribution in [1.29, 1.82) is 0 Å². The Bertz CT molecular complexity index is 261. The zero-order chi connectivity index (χ0) is 9.68. The second-order valence-electron chi connectivity index (χ2n) is 2.69. The van der Waals surface area contributed by atoms with Crippen LogP contribution in [0, 0.1) is 0 Å². The third-order valence-electron chi connectivity index (χ3n) is 1.43. The standard InChI is InChI=1S/C8H12N2O2S/c1-6(4-11)9-8(12)10-7-2-3-13-5-7/h2-3,5-6,11H,4H2,1H3,(H2,9,10,12). The van der Waals surface area contributed by atoms with Crippen LogP contribution in [0.15, 0.2) is 16.8 Å². The summed E-state index contributed by atoms with van der Waals surface area (Å²) in [6.45, 7) is 1.67. The minimum absolute atomic E-state index is 0.0585. The molecule has 1 heterocycles. The van der Waals surface area contributed by atoms with Crippen LogP contribution in [-0.4, -0.2) is 23.8 Å². The van der Waals surface area contributed by atoms with E-state index in [4.69, 9.17) is 5.11 Å². The number of aliphatic hydroxyl groups excluding tert-OH is 1. The van der Waals surface area contributed by atoms with E-state index in [0.29, 0.717) is 0 Å². The Kier molecular flexibility index (Phi) is 3.72. The second-order valence-corrected chi connectivity index (χ2v) is 3.47. The van der Waals surface area contributed by atoms with Gasteiger partial charge in [-0.3, -0.25) is 0 Å². The molecule has 1 unspecified atom stereocenters. The number of carbonyl (C=O) groups is 1. The molecule has 0 spiro atoms. The van der Waals surface area contributed by atoms with Gasteiger partial charge in [0.25, 0.3) is 0 Å². The van der Waals surface area contributed by atoms with Crippen molar-refractivity contribution in [3.63, 3.8) is 0 Å². The topological polar surface area (TPSA) is 61.4 Å². The third kappa shape index (κ3) is 3.43. The lowest BCUT2D eigenvalue weighted by Gasteiger charge is -2.10.